The molecule has 140 valence electrons. The average Bonchev–Trinajstić information content (AvgIpc) is 2.66. The Morgan fingerprint density at radius 2 is 1.93 bits per heavy atom. The highest BCUT2D eigenvalue weighted by atomic mass is 35.5. The number of ether oxygens (including phenoxy) is 2. The van der Waals surface area contributed by atoms with Crippen LogP contribution in [0.5, 0.6) is 5.75 Å². The van der Waals surface area contributed by atoms with Gasteiger partial charge in [0, 0.05) is 16.8 Å². The van der Waals surface area contributed by atoms with Crippen molar-refractivity contribution < 1.29 is 19.1 Å². The first kappa shape index (κ1) is 20.3. The Bertz CT molecular complexity index is 844. The summed E-state index contributed by atoms with van der Waals surface area (Å²) in [7, 11) is 0. The number of rotatable bonds is 8. The molecule has 2 aromatic carbocycles. The predicted octanol–water partition coefficient (Wildman–Crippen LogP) is 4.41. The lowest BCUT2D eigenvalue weighted by Crippen LogP contribution is -2.20. The van der Waals surface area contributed by atoms with E-state index in [1.807, 2.05) is 6.92 Å². The molecule has 0 atom stereocenters. The molecule has 0 aliphatic carbocycles. The molecule has 6 heteroatoms. The molecular weight excluding hydrogens is 366 g/mol. The van der Waals surface area contributed by atoms with Gasteiger partial charge in [-0.1, -0.05) is 36.4 Å². The van der Waals surface area contributed by atoms with Crippen molar-refractivity contribution in [3.8, 4) is 5.75 Å². The minimum Gasteiger partial charge on any atom is -0.490 e. The maximum absolute atomic E-state index is 11.9. The van der Waals surface area contributed by atoms with E-state index < -0.39 is 11.9 Å². The van der Waals surface area contributed by atoms with Crippen LogP contribution < -0.4 is 10.1 Å². The Morgan fingerprint density at radius 1 is 1.19 bits per heavy atom. The molecule has 2 aromatic rings. The van der Waals surface area contributed by atoms with Gasteiger partial charge in [-0.25, -0.2) is 4.79 Å². The second-order valence-corrected chi connectivity index (χ2v) is 6.05. The second kappa shape index (κ2) is 10.2. The standard InChI is InChI=1S/C21H20ClNO4/c1-3-12-26-18-8-4-16(5-9-18)6-11-21(25)27-14-20(24)23-19-10-7-17(22)13-15(19)2/h3-11,13H,1,12,14H2,2H3,(H,23,24)/b11-6+. The summed E-state index contributed by atoms with van der Waals surface area (Å²) in [6.07, 6.45) is 4.52. The van der Waals surface area contributed by atoms with Gasteiger partial charge < -0.3 is 14.8 Å². The third-order valence-corrected chi connectivity index (χ3v) is 3.70. The van der Waals surface area contributed by atoms with E-state index in [-0.39, 0.29) is 6.61 Å². The molecule has 0 spiro atoms. The minimum atomic E-state index is -0.607. The fraction of sp³-hybridized carbons (Fsp3) is 0.143. The molecule has 27 heavy (non-hydrogen) atoms. The van der Waals surface area contributed by atoms with E-state index in [2.05, 4.69) is 11.9 Å². The Hall–Kier alpha value is -3.05. The van der Waals surface area contributed by atoms with Crippen molar-refractivity contribution in [2.75, 3.05) is 18.5 Å². The van der Waals surface area contributed by atoms with Gasteiger partial charge in [-0.3, -0.25) is 4.79 Å². The van der Waals surface area contributed by atoms with Gasteiger partial charge in [0.25, 0.3) is 5.91 Å². The van der Waals surface area contributed by atoms with E-state index in [4.69, 9.17) is 21.1 Å². The van der Waals surface area contributed by atoms with Crippen molar-refractivity contribution >= 4 is 35.2 Å². The molecule has 0 saturated carbocycles. The molecule has 0 aliphatic heterocycles. The topological polar surface area (TPSA) is 64.6 Å². The minimum absolute atomic E-state index is 0.375. The van der Waals surface area contributed by atoms with Crippen LogP contribution in [0.25, 0.3) is 6.08 Å². The van der Waals surface area contributed by atoms with Crippen molar-refractivity contribution in [3.05, 3.63) is 77.3 Å². The summed E-state index contributed by atoms with van der Waals surface area (Å²) in [5.74, 6) is -0.320. The van der Waals surface area contributed by atoms with Gasteiger partial charge in [0.15, 0.2) is 6.61 Å². The average molecular weight is 386 g/mol. The van der Waals surface area contributed by atoms with Crippen LogP contribution in [0, 0.1) is 6.92 Å². The first-order valence-corrected chi connectivity index (χ1v) is 8.60. The Labute approximate surface area is 163 Å². The van der Waals surface area contributed by atoms with E-state index in [9.17, 15) is 9.59 Å². The molecule has 0 radical (unpaired) electrons. The van der Waals surface area contributed by atoms with Crippen molar-refractivity contribution in [2.45, 2.75) is 6.92 Å². The van der Waals surface area contributed by atoms with Crippen molar-refractivity contribution in [1.29, 1.82) is 0 Å². The van der Waals surface area contributed by atoms with Crippen LogP contribution in [0.15, 0.2) is 61.2 Å². The van der Waals surface area contributed by atoms with Gasteiger partial charge in [0.1, 0.15) is 12.4 Å². The summed E-state index contributed by atoms with van der Waals surface area (Å²) >= 11 is 5.87. The fourth-order valence-corrected chi connectivity index (χ4v) is 2.36. The number of benzene rings is 2. The number of esters is 1. The number of nitrogens with one attached hydrogen (secondary N) is 1. The van der Waals surface area contributed by atoms with Gasteiger partial charge in [0.2, 0.25) is 0 Å². The summed E-state index contributed by atoms with van der Waals surface area (Å²) in [5, 5.41) is 3.26. The van der Waals surface area contributed by atoms with Gasteiger partial charge in [-0.2, -0.15) is 0 Å². The van der Waals surface area contributed by atoms with E-state index >= 15 is 0 Å². The number of carbonyl (C=O) groups excluding carboxylic acids is 2. The lowest BCUT2D eigenvalue weighted by Gasteiger charge is -2.08. The lowest BCUT2D eigenvalue weighted by atomic mass is 10.2. The molecule has 0 aromatic heterocycles. The Morgan fingerprint density at radius 3 is 2.59 bits per heavy atom. The van der Waals surface area contributed by atoms with Crippen LogP contribution in [0.4, 0.5) is 5.69 Å². The summed E-state index contributed by atoms with van der Waals surface area (Å²) < 4.78 is 10.3. The first-order valence-electron chi connectivity index (χ1n) is 8.22. The SMILES string of the molecule is C=CCOc1ccc(/C=C/C(=O)OCC(=O)Nc2ccc(Cl)cc2C)cc1. The van der Waals surface area contributed by atoms with Crippen LogP contribution in [-0.2, 0) is 14.3 Å². The Kier molecular flexibility index (Phi) is 7.64. The molecule has 0 aliphatic rings. The highest BCUT2D eigenvalue weighted by Crippen LogP contribution is 2.19. The van der Waals surface area contributed by atoms with Crippen LogP contribution in [0.2, 0.25) is 5.02 Å². The zero-order chi connectivity index (χ0) is 19.6. The highest BCUT2D eigenvalue weighted by molar-refractivity contribution is 6.30. The molecule has 0 fully saturated rings. The quantitative estimate of drug-likeness (QED) is 0.415. The lowest BCUT2D eigenvalue weighted by molar-refractivity contribution is -0.142. The number of aryl methyl sites for hydroxylation is 1. The molecule has 2 rings (SSSR count). The van der Waals surface area contributed by atoms with Crippen LogP contribution in [0.3, 0.4) is 0 Å². The molecule has 0 unspecified atom stereocenters. The smallest absolute Gasteiger partial charge is 0.331 e. The number of anilines is 1. The number of halogens is 1. The maximum Gasteiger partial charge on any atom is 0.331 e. The number of hydrogen-bond donors (Lipinski definition) is 1. The van der Waals surface area contributed by atoms with Crippen LogP contribution >= 0.6 is 11.6 Å². The summed E-state index contributed by atoms with van der Waals surface area (Å²) in [5.41, 5.74) is 2.25. The predicted molar refractivity (Wildman–Crippen MR) is 107 cm³/mol. The number of hydrogen-bond acceptors (Lipinski definition) is 4. The largest absolute Gasteiger partial charge is 0.490 e. The van der Waals surface area contributed by atoms with Crippen molar-refractivity contribution in [3.63, 3.8) is 0 Å². The molecule has 0 heterocycles. The zero-order valence-electron chi connectivity index (χ0n) is 14.9. The molecular formula is C21H20ClNO4. The summed E-state index contributed by atoms with van der Waals surface area (Å²) in [4.78, 5) is 23.6. The molecule has 0 saturated heterocycles. The molecule has 0 bridgehead atoms. The summed E-state index contributed by atoms with van der Waals surface area (Å²) in [6.45, 7) is 5.46. The fourth-order valence-electron chi connectivity index (χ4n) is 2.13. The van der Waals surface area contributed by atoms with Crippen LogP contribution in [0.1, 0.15) is 11.1 Å². The number of amides is 1. The van der Waals surface area contributed by atoms with Crippen molar-refractivity contribution in [1.82, 2.24) is 0 Å². The van der Waals surface area contributed by atoms with Crippen molar-refractivity contribution in [2.24, 2.45) is 0 Å². The Balaban J connectivity index is 1.80. The first-order chi connectivity index (χ1) is 13.0. The van der Waals surface area contributed by atoms with Gasteiger partial charge >= 0.3 is 5.97 Å². The van der Waals surface area contributed by atoms with E-state index in [0.29, 0.717) is 23.1 Å². The third-order valence-electron chi connectivity index (χ3n) is 3.47. The maximum atomic E-state index is 11.9. The number of carbonyl (C=O) groups is 2. The molecule has 5 nitrogen and oxygen atoms in total. The van der Waals surface area contributed by atoms with Crippen LogP contribution in [-0.4, -0.2) is 25.1 Å². The summed E-state index contributed by atoms with van der Waals surface area (Å²) in [6, 6.07) is 12.3. The highest BCUT2D eigenvalue weighted by Gasteiger charge is 2.07. The van der Waals surface area contributed by atoms with E-state index in [1.54, 1.807) is 54.6 Å². The monoisotopic (exact) mass is 385 g/mol. The van der Waals surface area contributed by atoms with E-state index in [1.165, 1.54) is 6.08 Å². The van der Waals surface area contributed by atoms with Gasteiger partial charge in [-0.15, -0.1) is 0 Å². The van der Waals surface area contributed by atoms with Gasteiger partial charge in [-0.05, 0) is 54.5 Å². The van der Waals surface area contributed by atoms with Gasteiger partial charge in [0.05, 0.1) is 0 Å². The molecule has 1 N–H and O–H groups in total. The third kappa shape index (κ3) is 6.99. The van der Waals surface area contributed by atoms with E-state index in [0.717, 1.165) is 11.1 Å². The normalized spacial score (nSPS) is 10.4. The second-order valence-electron chi connectivity index (χ2n) is 5.62. The molecule has 1 amide bonds. The zero-order valence-corrected chi connectivity index (χ0v) is 15.7.